The third-order valence-corrected chi connectivity index (χ3v) is 9.62. The molecule has 1 fully saturated rings. The van der Waals surface area contributed by atoms with Crippen LogP contribution >= 0.6 is 0 Å². The van der Waals surface area contributed by atoms with Crippen LogP contribution in [0.5, 0.6) is 5.75 Å². The Kier molecular flexibility index (Phi) is 24.2. The molecule has 2 aromatic rings. The van der Waals surface area contributed by atoms with Crippen molar-refractivity contribution in [2.45, 2.75) is 125 Å². The van der Waals surface area contributed by atoms with Gasteiger partial charge in [-0.25, -0.2) is 0 Å². The summed E-state index contributed by atoms with van der Waals surface area (Å²) in [6.45, 7) is 26.3. The highest BCUT2D eigenvalue weighted by atomic mass is 16.5. The molecule has 1 saturated heterocycles. The first-order chi connectivity index (χ1) is 25.8. The number of likely N-dealkylation sites (tertiary alicyclic amines) is 1. The fourth-order valence-electron chi connectivity index (χ4n) is 6.99. The van der Waals surface area contributed by atoms with Crippen LogP contribution in [0.15, 0.2) is 115 Å². The average Bonchev–Trinajstić information content (AvgIpc) is 3.67. The molecular formula is C48H70N2O3. The third kappa shape index (κ3) is 15.3. The molecule has 1 amide bonds. The molecule has 1 aliphatic heterocycles. The number of Topliss-reactive ketones (excluding diaryl/α,β-unsaturated/α-hetero) is 1. The first kappa shape index (κ1) is 46.8. The molecule has 0 N–H and O–H groups in total. The lowest BCUT2D eigenvalue weighted by molar-refractivity contribution is -0.127. The Morgan fingerprint density at radius 1 is 0.943 bits per heavy atom. The van der Waals surface area contributed by atoms with Gasteiger partial charge in [0, 0.05) is 37.3 Å². The lowest BCUT2D eigenvalue weighted by Crippen LogP contribution is -2.43. The molecule has 0 radical (unpaired) electrons. The number of methoxy groups -OCH3 is 1. The van der Waals surface area contributed by atoms with Crippen molar-refractivity contribution in [3.05, 3.63) is 138 Å². The molecule has 0 spiro atoms. The number of aryl methyl sites for hydroxylation is 1. The highest BCUT2D eigenvalue weighted by Crippen LogP contribution is 2.28. The molecule has 1 heterocycles. The van der Waals surface area contributed by atoms with Crippen molar-refractivity contribution in [2.75, 3.05) is 20.2 Å². The molecule has 0 bridgehead atoms. The maximum atomic E-state index is 13.8. The van der Waals surface area contributed by atoms with Crippen LogP contribution in [0.2, 0.25) is 0 Å². The zero-order chi connectivity index (χ0) is 39.6. The van der Waals surface area contributed by atoms with Gasteiger partial charge >= 0.3 is 0 Å². The van der Waals surface area contributed by atoms with E-state index in [0.29, 0.717) is 23.9 Å². The molecule has 290 valence electrons. The molecule has 1 unspecified atom stereocenters. The minimum atomic E-state index is -0.449. The summed E-state index contributed by atoms with van der Waals surface area (Å²) in [6.07, 6.45) is 23.7. The van der Waals surface area contributed by atoms with E-state index in [9.17, 15) is 9.59 Å². The van der Waals surface area contributed by atoms with Crippen LogP contribution in [0, 0.1) is 6.92 Å². The molecule has 2 aromatic carbocycles. The molecule has 5 heteroatoms. The second-order valence-corrected chi connectivity index (χ2v) is 12.9. The van der Waals surface area contributed by atoms with Crippen LogP contribution in [0.1, 0.15) is 120 Å². The summed E-state index contributed by atoms with van der Waals surface area (Å²) < 4.78 is 5.56. The van der Waals surface area contributed by atoms with Gasteiger partial charge < -0.3 is 9.64 Å². The van der Waals surface area contributed by atoms with Crippen molar-refractivity contribution in [3.8, 4) is 5.75 Å². The summed E-state index contributed by atoms with van der Waals surface area (Å²) in [5, 5.41) is 0. The second-order valence-electron chi connectivity index (χ2n) is 12.9. The van der Waals surface area contributed by atoms with Crippen molar-refractivity contribution in [3.63, 3.8) is 0 Å². The standard InChI is InChI=1S/C44H58N2O3.2C2H6/c1-8-17-35(18-9-2)24-26-40(27-25-36(19-10-3)20-11-4)45(33-37-21-14-13-15-22-37)30-28-41-23-16-29-46(41)44(48)43(47)39-31-38(12-5)34(6)42(32-39)49-7;2*1-2/h8-11,13-15,17-22,31-32,40-41H,1,3,12,16,23-30,33H2,2,4-7H3;2*1-2H3/b18-9-,20-11-,35-17+,36-19+;;. The van der Waals surface area contributed by atoms with Crippen molar-refractivity contribution in [2.24, 2.45) is 0 Å². The SMILES string of the molecule is C=C/C=C(\C=C/C)CCC(CCC(/C=C\C)=C/C=C)N(CCC1CCCN1C(=O)C(=O)c1cc(CC)c(C)c(OC)c1)Cc1ccccc1.CC.CC. The van der Waals surface area contributed by atoms with E-state index >= 15 is 0 Å². The molecule has 5 nitrogen and oxygen atoms in total. The number of hydrogen-bond donors (Lipinski definition) is 0. The number of hydrogen-bond acceptors (Lipinski definition) is 4. The minimum absolute atomic E-state index is 0.0202. The largest absolute Gasteiger partial charge is 0.496 e. The van der Waals surface area contributed by atoms with E-state index in [-0.39, 0.29) is 6.04 Å². The molecule has 0 aromatic heterocycles. The van der Waals surface area contributed by atoms with Crippen molar-refractivity contribution in [1.82, 2.24) is 9.80 Å². The van der Waals surface area contributed by atoms with Gasteiger partial charge in [0.2, 0.25) is 0 Å². The van der Waals surface area contributed by atoms with Gasteiger partial charge in [0.15, 0.2) is 0 Å². The topological polar surface area (TPSA) is 49.9 Å². The van der Waals surface area contributed by atoms with Gasteiger partial charge in [0.1, 0.15) is 5.75 Å². The second kappa shape index (κ2) is 27.4. The van der Waals surface area contributed by atoms with Gasteiger partial charge in [-0.15, -0.1) is 0 Å². The number of ether oxygens (including phenoxy) is 1. The summed E-state index contributed by atoms with van der Waals surface area (Å²) in [4.78, 5) is 31.9. The van der Waals surface area contributed by atoms with Crippen LogP contribution < -0.4 is 4.74 Å². The maximum absolute atomic E-state index is 13.8. The normalized spacial score (nSPS) is 15.1. The van der Waals surface area contributed by atoms with E-state index in [1.807, 2.05) is 57.7 Å². The van der Waals surface area contributed by atoms with Crippen molar-refractivity contribution in [1.29, 1.82) is 0 Å². The minimum Gasteiger partial charge on any atom is -0.496 e. The van der Waals surface area contributed by atoms with Crippen molar-refractivity contribution < 1.29 is 14.3 Å². The van der Waals surface area contributed by atoms with Crippen LogP contribution in [-0.4, -0.2) is 53.8 Å². The van der Waals surface area contributed by atoms with E-state index in [1.54, 1.807) is 13.2 Å². The lowest BCUT2D eigenvalue weighted by Gasteiger charge is -2.34. The number of allylic oxidation sites excluding steroid dienone is 10. The molecule has 1 aliphatic rings. The maximum Gasteiger partial charge on any atom is 0.295 e. The number of carbonyl (C=O) groups is 2. The zero-order valence-electron chi connectivity index (χ0n) is 34.6. The fourth-order valence-corrected chi connectivity index (χ4v) is 6.99. The van der Waals surface area contributed by atoms with Gasteiger partial charge in [-0.3, -0.25) is 14.5 Å². The van der Waals surface area contributed by atoms with Gasteiger partial charge in [-0.1, -0.05) is 127 Å². The Labute approximate surface area is 323 Å². The van der Waals surface area contributed by atoms with Crippen LogP contribution in [0.4, 0.5) is 0 Å². The van der Waals surface area contributed by atoms with Crippen LogP contribution in [0.25, 0.3) is 0 Å². The monoisotopic (exact) mass is 723 g/mol. The number of nitrogens with zero attached hydrogens (tertiary/aromatic N) is 2. The van der Waals surface area contributed by atoms with E-state index in [4.69, 9.17) is 4.74 Å². The molecule has 3 rings (SSSR count). The fraction of sp³-hybridized carbons (Fsp3) is 0.458. The first-order valence-electron chi connectivity index (χ1n) is 20.0. The predicted octanol–water partition coefficient (Wildman–Crippen LogP) is 12.0. The Hall–Kier alpha value is -4.22. The predicted molar refractivity (Wildman–Crippen MR) is 229 cm³/mol. The van der Waals surface area contributed by atoms with Gasteiger partial charge in [0.25, 0.3) is 11.7 Å². The Morgan fingerprint density at radius 3 is 2.04 bits per heavy atom. The quantitative estimate of drug-likeness (QED) is 0.0776. The molecular weight excluding hydrogens is 653 g/mol. The summed E-state index contributed by atoms with van der Waals surface area (Å²) in [5.74, 6) is -0.204. The van der Waals surface area contributed by atoms with E-state index in [1.165, 1.54) is 16.7 Å². The summed E-state index contributed by atoms with van der Waals surface area (Å²) in [7, 11) is 1.61. The van der Waals surface area contributed by atoms with E-state index in [0.717, 1.165) is 75.6 Å². The van der Waals surface area contributed by atoms with Crippen molar-refractivity contribution >= 4 is 11.7 Å². The lowest BCUT2D eigenvalue weighted by atomic mass is 9.95. The summed E-state index contributed by atoms with van der Waals surface area (Å²) in [5.41, 5.74) is 6.25. The molecule has 0 aliphatic carbocycles. The Balaban J connectivity index is 0.00000339. The number of ketones is 1. The smallest absolute Gasteiger partial charge is 0.295 e. The average molecular weight is 723 g/mol. The van der Waals surface area contributed by atoms with Crippen LogP contribution in [-0.2, 0) is 17.8 Å². The van der Waals surface area contributed by atoms with Gasteiger partial charge in [-0.05, 0) is 112 Å². The number of rotatable bonds is 20. The molecule has 53 heavy (non-hydrogen) atoms. The van der Waals surface area contributed by atoms with Gasteiger partial charge in [-0.2, -0.15) is 0 Å². The Bertz CT molecular complexity index is 1450. The number of benzene rings is 2. The summed E-state index contributed by atoms with van der Waals surface area (Å²) >= 11 is 0. The third-order valence-electron chi connectivity index (χ3n) is 9.62. The van der Waals surface area contributed by atoms with Crippen LogP contribution in [0.3, 0.4) is 0 Å². The summed E-state index contributed by atoms with van der Waals surface area (Å²) in [6, 6.07) is 14.6. The molecule has 1 atom stereocenters. The molecule has 0 saturated carbocycles. The number of carbonyl (C=O) groups excluding carboxylic acids is 2. The zero-order valence-corrected chi connectivity index (χ0v) is 34.6. The van der Waals surface area contributed by atoms with E-state index < -0.39 is 11.7 Å². The highest BCUT2D eigenvalue weighted by molar-refractivity contribution is 6.42. The Morgan fingerprint density at radius 2 is 1.53 bits per heavy atom. The van der Waals surface area contributed by atoms with E-state index in [2.05, 4.69) is 106 Å². The van der Waals surface area contributed by atoms with Gasteiger partial charge in [0.05, 0.1) is 7.11 Å². The first-order valence-corrected chi connectivity index (χ1v) is 20.0. The number of amides is 1. The highest BCUT2D eigenvalue weighted by Gasteiger charge is 2.34.